The second kappa shape index (κ2) is 8.30. The van der Waals surface area contributed by atoms with Crippen LogP contribution in [0.1, 0.15) is 39.7 Å². The summed E-state index contributed by atoms with van der Waals surface area (Å²) in [5, 5.41) is 12.2. The zero-order chi connectivity index (χ0) is 20.3. The van der Waals surface area contributed by atoms with Gasteiger partial charge in [0, 0.05) is 36.6 Å². The molecule has 1 aliphatic carbocycles. The molecule has 8 nitrogen and oxygen atoms in total. The van der Waals surface area contributed by atoms with E-state index in [4.69, 9.17) is 0 Å². The second-order valence-electron chi connectivity index (χ2n) is 7.99. The predicted octanol–water partition coefficient (Wildman–Crippen LogP) is 2.14. The van der Waals surface area contributed by atoms with Crippen LogP contribution in [0.25, 0.3) is 11.4 Å². The molecule has 2 heterocycles. The molecule has 28 heavy (non-hydrogen) atoms. The van der Waals surface area contributed by atoms with Crippen LogP contribution in [0.3, 0.4) is 0 Å². The van der Waals surface area contributed by atoms with Crippen LogP contribution in [0, 0.1) is 0 Å². The van der Waals surface area contributed by atoms with Crippen molar-refractivity contribution < 1.29 is 9.59 Å². The van der Waals surface area contributed by atoms with Crippen LogP contribution in [-0.2, 0) is 9.59 Å². The Morgan fingerprint density at radius 2 is 2.07 bits per heavy atom. The minimum absolute atomic E-state index is 0.0346. The largest absolute Gasteiger partial charge is 0.350 e. The molecule has 2 aromatic heterocycles. The Morgan fingerprint density at radius 1 is 1.32 bits per heavy atom. The lowest BCUT2D eigenvalue weighted by Gasteiger charge is -2.23. The molecule has 9 heteroatoms. The number of amides is 2. The first-order valence-electron chi connectivity index (χ1n) is 9.27. The number of carbonyl (C=O) groups excluding carboxylic acids is 2. The number of thioether (sulfide) groups is 1. The van der Waals surface area contributed by atoms with Crippen LogP contribution < -0.4 is 5.32 Å². The lowest BCUT2D eigenvalue weighted by molar-refractivity contribution is -0.133. The van der Waals surface area contributed by atoms with E-state index in [-0.39, 0.29) is 29.7 Å². The fraction of sp³-hybridized carbons (Fsp3) is 0.526. The molecule has 0 saturated heterocycles. The van der Waals surface area contributed by atoms with Crippen molar-refractivity contribution in [3.05, 3.63) is 24.5 Å². The van der Waals surface area contributed by atoms with Gasteiger partial charge in [0.15, 0.2) is 11.0 Å². The van der Waals surface area contributed by atoms with Crippen LogP contribution in [0.2, 0.25) is 0 Å². The highest BCUT2D eigenvalue weighted by Gasteiger charge is 2.30. The van der Waals surface area contributed by atoms with E-state index in [1.165, 1.54) is 16.7 Å². The van der Waals surface area contributed by atoms with E-state index < -0.39 is 0 Å². The van der Waals surface area contributed by atoms with Crippen LogP contribution in [0.4, 0.5) is 0 Å². The Bertz CT molecular complexity index is 842. The number of nitrogens with zero attached hydrogens (tertiary/aromatic N) is 5. The molecule has 0 radical (unpaired) electrons. The van der Waals surface area contributed by atoms with E-state index in [1.807, 2.05) is 32.9 Å². The molecule has 1 N–H and O–H groups in total. The van der Waals surface area contributed by atoms with Gasteiger partial charge < -0.3 is 10.2 Å². The summed E-state index contributed by atoms with van der Waals surface area (Å²) in [6.07, 6.45) is 5.66. The van der Waals surface area contributed by atoms with Crippen molar-refractivity contribution in [3.8, 4) is 11.4 Å². The zero-order valence-electron chi connectivity index (χ0n) is 16.7. The minimum atomic E-state index is -0.320. The number of rotatable bonds is 7. The molecule has 0 unspecified atom stereocenters. The van der Waals surface area contributed by atoms with Gasteiger partial charge >= 0.3 is 0 Å². The smallest absolute Gasteiger partial charge is 0.240 e. The topological polar surface area (TPSA) is 93.0 Å². The molecule has 1 aliphatic rings. The highest BCUT2D eigenvalue weighted by atomic mass is 32.2. The van der Waals surface area contributed by atoms with E-state index in [2.05, 4.69) is 25.1 Å². The predicted molar refractivity (Wildman–Crippen MR) is 108 cm³/mol. The third kappa shape index (κ3) is 5.31. The van der Waals surface area contributed by atoms with Crippen molar-refractivity contribution in [2.45, 2.75) is 50.4 Å². The molecule has 150 valence electrons. The first-order valence-corrected chi connectivity index (χ1v) is 10.3. The number of carbonyl (C=O) groups is 2. The summed E-state index contributed by atoms with van der Waals surface area (Å²) in [5.41, 5.74) is 0.593. The van der Waals surface area contributed by atoms with Gasteiger partial charge in [-0.15, -0.1) is 10.2 Å². The van der Waals surface area contributed by atoms with Gasteiger partial charge in [-0.1, -0.05) is 11.8 Å². The zero-order valence-corrected chi connectivity index (χ0v) is 17.5. The van der Waals surface area contributed by atoms with Crippen LogP contribution in [-0.4, -0.2) is 61.3 Å². The maximum absolute atomic E-state index is 12.4. The molecule has 0 bridgehead atoms. The Hall–Kier alpha value is -2.42. The van der Waals surface area contributed by atoms with E-state index in [9.17, 15) is 9.59 Å². The van der Waals surface area contributed by atoms with Crippen molar-refractivity contribution in [2.24, 2.45) is 0 Å². The van der Waals surface area contributed by atoms with E-state index in [0.29, 0.717) is 6.04 Å². The Labute approximate surface area is 169 Å². The summed E-state index contributed by atoms with van der Waals surface area (Å²) in [7, 11) is 1.64. The van der Waals surface area contributed by atoms with Gasteiger partial charge in [-0.25, -0.2) is 0 Å². The molecule has 3 rings (SSSR count). The highest BCUT2D eigenvalue weighted by Crippen LogP contribution is 2.40. The molecule has 0 atom stereocenters. The number of pyridine rings is 1. The van der Waals surface area contributed by atoms with Crippen LogP contribution >= 0.6 is 11.8 Å². The molecule has 1 saturated carbocycles. The summed E-state index contributed by atoms with van der Waals surface area (Å²) in [5.74, 6) is 0.691. The lowest BCUT2D eigenvalue weighted by Crippen LogP contribution is -2.46. The summed E-state index contributed by atoms with van der Waals surface area (Å²) < 4.78 is 2.10. The first kappa shape index (κ1) is 20.3. The standard InChI is InChI=1S/C19H26N6O2S/c1-19(2,3)21-15(26)11-24(4)16(27)12-28-18-23-22-17(25(18)14-7-8-14)13-6-5-9-20-10-13/h5-6,9-10,14H,7-8,11-12H2,1-4H3,(H,21,26). The fourth-order valence-corrected chi connectivity index (χ4v) is 3.67. The van der Waals surface area contributed by atoms with Gasteiger partial charge in [-0.2, -0.15) is 0 Å². The SMILES string of the molecule is CN(CC(=O)NC(C)(C)C)C(=O)CSc1nnc(-c2cccnc2)n1C1CC1. The van der Waals surface area contributed by atoms with Gasteiger partial charge in [0.25, 0.3) is 0 Å². The summed E-state index contributed by atoms with van der Waals surface area (Å²) in [6, 6.07) is 4.20. The van der Waals surface area contributed by atoms with Gasteiger partial charge in [-0.05, 0) is 45.7 Å². The average Bonchev–Trinajstić information content (AvgIpc) is 3.37. The Kier molecular flexibility index (Phi) is 6.02. The summed E-state index contributed by atoms with van der Waals surface area (Å²) in [4.78, 5) is 30.1. The molecular weight excluding hydrogens is 376 g/mol. The molecule has 1 fully saturated rings. The van der Waals surface area contributed by atoms with Crippen molar-refractivity contribution in [1.29, 1.82) is 0 Å². The van der Waals surface area contributed by atoms with Gasteiger partial charge in [0.05, 0.1) is 12.3 Å². The van der Waals surface area contributed by atoms with Crippen molar-refractivity contribution >= 4 is 23.6 Å². The quantitative estimate of drug-likeness (QED) is 0.713. The average molecular weight is 403 g/mol. The number of nitrogens with one attached hydrogen (secondary N) is 1. The normalized spacial score (nSPS) is 14.0. The molecular formula is C19H26N6O2S. The lowest BCUT2D eigenvalue weighted by atomic mass is 10.1. The molecule has 2 amide bonds. The maximum atomic E-state index is 12.4. The number of hydrogen-bond donors (Lipinski definition) is 1. The second-order valence-corrected chi connectivity index (χ2v) is 8.93. The third-order valence-corrected chi connectivity index (χ3v) is 5.07. The van der Waals surface area contributed by atoms with Crippen molar-refractivity contribution in [1.82, 2.24) is 30.0 Å². The van der Waals surface area contributed by atoms with Gasteiger partial charge in [0.2, 0.25) is 11.8 Å². The number of hydrogen-bond acceptors (Lipinski definition) is 6. The van der Waals surface area contributed by atoms with Crippen molar-refractivity contribution in [3.63, 3.8) is 0 Å². The van der Waals surface area contributed by atoms with E-state index in [1.54, 1.807) is 19.4 Å². The maximum Gasteiger partial charge on any atom is 0.240 e. The molecule has 0 aromatic carbocycles. The third-order valence-electron chi connectivity index (χ3n) is 4.14. The molecule has 0 aliphatic heterocycles. The molecule has 0 spiro atoms. The Balaban J connectivity index is 1.62. The first-order chi connectivity index (χ1) is 13.2. The highest BCUT2D eigenvalue weighted by molar-refractivity contribution is 7.99. The monoisotopic (exact) mass is 402 g/mol. The Morgan fingerprint density at radius 3 is 2.68 bits per heavy atom. The van der Waals surface area contributed by atoms with Gasteiger partial charge in [0.1, 0.15) is 0 Å². The number of likely N-dealkylation sites (N-methyl/N-ethyl adjacent to an activating group) is 1. The van der Waals surface area contributed by atoms with Crippen LogP contribution in [0.15, 0.2) is 29.7 Å². The fourth-order valence-electron chi connectivity index (χ4n) is 2.73. The summed E-state index contributed by atoms with van der Waals surface area (Å²) >= 11 is 1.35. The van der Waals surface area contributed by atoms with Crippen LogP contribution in [0.5, 0.6) is 0 Å². The van der Waals surface area contributed by atoms with Gasteiger partial charge in [-0.3, -0.25) is 19.1 Å². The summed E-state index contributed by atoms with van der Waals surface area (Å²) in [6.45, 7) is 5.76. The van der Waals surface area contributed by atoms with E-state index in [0.717, 1.165) is 29.4 Å². The van der Waals surface area contributed by atoms with Crippen molar-refractivity contribution in [2.75, 3.05) is 19.3 Å². The van der Waals surface area contributed by atoms with E-state index >= 15 is 0 Å². The minimum Gasteiger partial charge on any atom is -0.350 e. The number of aromatic nitrogens is 4. The molecule has 2 aromatic rings.